The molecule has 4 nitrogen and oxygen atoms in total. The Hall–Kier alpha value is -2.04. The minimum atomic E-state index is -0.694. The highest BCUT2D eigenvalue weighted by molar-refractivity contribution is 5.87. The van der Waals surface area contributed by atoms with E-state index in [0.29, 0.717) is 12.0 Å². The van der Waals surface area contributed by atoms with Crippen molar-refractivity contribution in [2.75, 3.05) is 7.11 Å². The van der Waals surface area contributed by atoms with Gasteiger partial charge in [0.25, 0.3) is 0 Å². The summed E-state index contributed by atoms with van der Waals surface area (Å²) in [5.41, 5.74) is 0.207. The Morgan fingerprint density at radius 3 is 2.93 bits per heavy atom. The molecule has 0 saturated heterocycles. The van der Waals surface area contributed by atoms with E-state index in [4.69, 9.17) is 0 Å². The fourth-order valence-electron chi connectivity index (χ4n) is 0.874. The zero-order valence-corrected chi connectivity index (χ0v) is 7.94. The van der Waals surface area contributed by atoms with Crippen LogP contribution in [0.4, 0.5) is 4.39 Å². The van der Waals surface area contributed by atoms with Gasteiger partial charge in [-0.3, -0.25) is 9.78 Å². The van der Waals surface area contributed by atoms with Crippen molar-refractivity contribution in [1.82, 2.24) is 4.98 Å². The molecule has 0 saturated carbocycles. The lowest BCUT2D eigenvalue weighted by Crippen LogP contribution is -1.95. The summed E-state index contributed by atoms with van der Waals surface area (Å²) < 4.78 is 17.2. The summed E-state index contributed by atoms with van der Waals surface area (Å²) in [5.74, 6) is -1.24. The molecule has 0 aliphatic rings. The molecule has 0 N–H and O–H groups in total. The maximum atomic E-state index is 12.8. The van der Waals surface area contributed by atoms with Gasteiger partial charge >= 0.3 is 5.97 Å². The Balaban J connectivity index is 2.92. The molecule has 1 heterocycles. The molecule has 1 aromatic heterocycles. The fraction of sp³-hybridized carbons (Fsp3) is 0.100. The van der Waals surface area contributed by atoms with Crippen LogP contribution in [0.3, 0.4) is 0 Å². The van der Waals surface area contributed by atoms with E-state index in [0.717, 1.165) is 12.3 Å². The average Bonchev–Trinajstić information content (AvgIpc) is 2.27. The Kier molecular flexibility index (Phi) is 3.68. The van der Waals surface area contributed by atoms with Crippen molar-refractivity contribution in [3.63, 3.8) is 0 Å². The molecule has 0 fully saturated rings. The number of carbonyl (C=O) groups is 2. The zero-order valence-electron chi connectivity index (χ0n) is 7.94. The first-order chi connectivity index (χ1) is 7.17. The van der Waals surface area contributed by atoms with Crippen LogP contribution in [-0.2, 0) is 9.53 Å². The number of aromatic nitrogens is 1. The van der Waals surface area contributed by atoms with Crippen molar-refractivity contribution < 1.29 is 18.7 Å². The van der Waals surface area contributed by atoms with Gasteiger partial charge in [0.15, 0.2) is 12.1 Å². The van der Waals surface area contributed by atoms with Gasteiger partial charge in [-0.2, -0.15) is 0 Å². The summed E-state index contributed by atoms with van der Waals surface area (Å²) >= 11 is 0. The summed E-state index contributed by atoms with van der Waals surface area (Å²) in [6.45, 7) is 0. The minimum Gasteiger partial charge on any atom is -0.466 e. The van der Waals surface area contributed by atoms with Gasteiger partial charge < -0.3 is 4.74 Å². The van der Waals surface area contributed by atoms with Gasteiger partial charge in [-0.05, 0) is 12.1 Å². The molecular weight excluding hydrogens is 201 g/mol. The zero-order chi connectivity index (χ0) is 11.3. The standard InChI is InChI=1S/C10H8FNO3/c1-15-10(14)3-2-8-4-7(6-13)9(11)5-12-8/h2-6H,1H3. The third-order valence-electron chi connectivity index (χ3n) is 1.62. The second kappa shape index (κ2) is 4.99. The van der Waals surface area contributed by atoms with E-state index >= 15 is 0 Å². The van der Waals surface area contributed by atoms with Crippen LogP contribution in [0.25, 0.3) is 6.08 Å². The summed E-state index contributed by atoms with van der Waals surface area (Å²) in [7, 11) is 1.24. The van der Waals surface area contributed by atoms with E-state index in [-0.39, 0.29) is 5.56 Å². The van der Waals surface area contributed by atoms with Gasteiger partial charge in [-0.1, -0.05) is 0 Å². The van der Waals surface area contributed by atoms with E-state index < -0.39 is 11.8 Å². The van der Waals surface area contributed by atoms with E-state index in [1.807, 2.05) is 0 Å². The number of aldehydes is 1. The number of methoxy groups -OCH3 is 1. The topological polar surface area (TPSA) is 56.3 Å². The second-order valence-electron chi connectivity index (χ2n) is 2.61. The number of pyridine rings is 1. The molecule has 0 radical (unpaired) electrons. The monoisotopic (exact) mass is 209 g/mol. The summed E-state index contributed by atoms with van der Waals surface area (Å²) in [6.07, 6.45) is 3.76. The number of carbonyl (C=O) groups excluding carboxylic acids is 2. The SMILES string of the molecule is COC(=O)C=Cc1cc(C=O)c(F)cn1. The molecule has 0 aromatic carbocycles. The lowest BCUT2D eigenvalue weighted by molar-refractivity contribution is -0.134. The Morgan fingerprint density at radius 2 is 2.33 bits per heavy atom. The van der Waals surface area contributed by atoms with Crippen molar-refractivity contribution in [2.45, 2.75) is 0 Å². The molecule has 5 heteroatoms. The van der Waals surface area contributed by atoms with Crippen LogP contribution < -0.4 is 0 Å². The smallest absolute Gasteiger partial charge is 0.330 e. The number of esters is 1. The third-order valence-corrected chi connectivity index (χ3v) is 1.62. The summed E-state index contributed by atoms with van der Waals surface area (Å²) in [6, 6.07) is 1.24. The van der Waals surface area contributed by atoms with Gasteiger partial charge in [-0.25, -0.2) is 9.18 Å². The highest BCUT2D eigenvalue weighted by atomic mass is 19.1. The van der Waals surface area contributed by atoms with Crippen molar-refractivity contribution in [1.29, 1.82) is 0 Å². The van der Waals surface area contributed by atoms with Crippen LogP contribution in [0.5, 0.6) is 0 Å². The molecule has 0 atom stereocenters. The van der Waals surface area contributed by atoms with E-state index in [1.54, 1.807) is 0 Å². The molecule has 15 heavy (non-hydrogen) atoms. The van der Waals surface area contributed by atoms with E-state index in [2.05, 4.69) is 9.72 Å². The quantitative estimate of drug-likeness (QED) is 0.426. The van der Waals surface area contributed by atoms with Gasteiger partial charge in [0.2, 0.25) is 0 Å². The summed E-state index contributed by atoms with van der Waals surface area (Å²) in [4.78, 5) is 24.8. The molecule has 0 amide bonds. The Morgan fingerprint density at radius 1 is 1.60 bits per heavy atom. The average molecular weight is 209 g/mol. The second-order valence-corrected chi connectivity index (χ2v) is 2.61. The van der Waals surface area contributed by atoms with Crippen LogP contribution in [0, 0.1) is 5.82 Å². The van der Waals surface area contributed by atoms with E-state index in [9.17, 15) is 14.0 Å². The maximum Gasteiger partial charge on any atom is 0.330 e. The summed E-state index contributed by atoms with van der Waals surface area (Å²) in [5, 5.41) is 0. The van der Waals surface area contributed by atoms with Crippen molar-refractivity contribution in [3.05, 3.63) is 35.4 Å². The first kappa shape index (κ1) is 11.0. The van der Waals surface area contributed by atoms with Crippen LogP contribution in [-0.4, -0.2) is 24.3 Å². The number of hydrogen-bond donors (Lipinski definition) is 0. The molecule has 1 rings (SSSR count). The first-order valence-electron chi connectivity index (χ1n) is 4.04. The maximum absolute atomic E-state index is 12.8. The van der Waals surface area contributed by atoms with Crippen LogP contribution in [0.2, 0.25) is 0 Å². The number of rotatable bonds is 3. The minimum absolute atomic E-state index is 0.102. The van der Waals surface area contributed by atoms with Gasteiger partial charge in [0.05, 0.1) is 24.6 Å². The van der Waals surface area contributed by atoms with Gasteiger partial charge in [-0.15, -0.1) is 0 Å². The fourth-order valence-corrected chi connectivity index (χ4v) is 0.874. The Bertz CT molecular complexity index is 415. The highest BCUT2D eigenvalue weighted by Gasteiger charge is 2.02. The predicted octanol–water partition coefficient (Wildman–Crippen LogP) is 1.22. The number of nitrogens with zero attached hydrogens (tertiary/aromatic N) is 1. The molecule has 0 bridgehead atoms. The van der Waals surface area contributed by atoms with Crippen molar-refractivity contribution in [3.8, 4) is 0 Å². The third kappa shape index (κ3) is 2.98. The van der Waals surface area contributed by atoms with Crippen LogP contribution >= 0.6 is 0 Å². The molecular formula is C10H8FNO3. The molecule has 0 aliphatic heterocycles. The predicted molar refractivity (Wildman–Crippen MR) is 50.6 cm³/mol. The molecule has 0 unspecified atom stereocenters. The molecule has 1 aromatic rings. The van der Waals surface area contributed by atoms with Crippen molar-refractivity contribution in [2.24, 2.45) is 0 Å². The molecule has 0 aliphatic carbocycles. The number of ether oxygens (including phenoxy) is 1. The lowest BCUT2D eigenvalue weighted by Gasteiger charge is -1.96. The van der Waals surface area contributed by atoms with E-state index in [1.165, 1.54) is 19.3 Å². The first-order valence-corrected chi connectivity index (χ1v) is 4.04. The molecule has 78 valence electrons. The Labute approximate surface area is 85.4 Å². The van der Waals surface area contributed by atoms with Crippen molar-refractivity contribution >= 4 is 18.3 Å². The van der Waals surface area contributed by atoms with Crippen LogP contribution in [0.1, 0.15) is 16.1 Å². The highest BCUT2D eigenvalue weighted by Crippen LogP contribution is 2.06. The lowest BCUT2D eigenvalue weighted by atomic mass is 10.2. The molecule has 0 spiro atoms. The number of hydrogen-bond acceptors (Lipinski definition) is 4. The largest absolute Gasteiger partial charge is 0.466 e. The normalized spacial score (nSPS) is 10.3. The van der Waals surface area contributed by atoms with Gasteiger partial charge in [0, 0.05) is 6.08 Å². The van der Waals surface area contributed by atoms with Gasteiger partial charge in [0.1, 0.15) is 0 Å². The number of halogens is 1. The van der Waals surface area contributed by atoms with Crippen LogP contribution in [0.15, 0.2) is 18.3 Å².